The summed E-state index contributed by atoms with van der Waals surface area (Å²) >= 11 is 0. The van der Waals surface area contributed by atoms with Crippen molar-refractivity contribution in [2.45, 2.75) is 66.5 Å². The lowest BCUT2D eigenvalue weighted by Gasteiger charge is -2.23. The van der Waals surface area contributed by atoms with E-state index in [1.54, 1.807) is 0 Å². The standard InChI is InChI=1S/C22H34N4O/c1-8-25(9-2)15-17-11-10-12-18(13-17)23-21(27)19-14-20(16(3)4)26(24-19)22(5,6)7/h10-14,16H,8-9,15H2,1-7H3,(H,23,27). The van der Waals surface area contributed by atoms with Gasteiger partial charge in [-0.1, -0.05) is 39.8 Å². The largest absolute Gasteiger partial charge is 0.321 e. The molecule has 0 spiro atoms. The van der Waals surface area contributed by atoms with E-state index in [1.807, 2.05) is 28.9 Å². The van der Waals surface area contributed by atoms with Crippen molar-refractivity contribution in [1.29, 1.82) is 0 Å². The molecule has 0 saturated heterocycles. The van der Waals surface area contributed by atoms with Crippen LogP contribution in [0.25, 0.3) is 0 Å². The van der Waals surface area contributed by atoms with Crippen molar-refractivity contribution in [3.63, 3.8) is 0 Å². The Morgan fingerprint density at radius 3 is 2.37 bits per heavy atom. The highest BCUT2D eigenvalue weighted by Gasteiger charge is 2.23. The van der Waals surface area contributed by atoms with Gasteiger partial charge >= 0.3 is 0 Å². The maximum absolute atomic E-state index is 12.8. The fraction of sp³-hybridized carbons (Fsp3) is 0.545. The van der Waals surface area contributed by atoms with Gasteiger partial charge in [-0.15, -0.1) is 0 Å². The van der Waals surface area contributed by atoms with E-state index in [-0.39, 0.29) is 11.4 Å². The summed E-state index contributed by atoms with van der Waals surface area (Å²) in [7, 11) is 0. The number of hydrogen-bond donors (Lipinski definition) is 1. The molecule has 1 amide bonds. The van der Waals surface area contributed by atoms with Gasteiger partial charge in [0.05, 0.1) is 5.54 Å². The van der Waals surface area contributed by atoms with Gasteiger partial charge in [-0.05, 0) is 63.5 Å². The lowest BCUT2D eigenvalue weighted by molar-refractivity contribution is 0.102. The van der Waals surface area contributed by atoms with Gasteiger partial charge < -0.3 is 5.32 Å². The second-order valence-corrected chi connectivity index (χ2v) is 8.31. The van der Waals surface area contributed by atoms with Gasteiger partial charge in [0.25, 0.3) is 5.91 Å². The quantitative estimate of drug-likeness (QED) is 0.757. The van der Waals surface area contributed by atoms with Crippen LogP contribution in [0.4, 0.5) is 5.69 Å². The lowest BCUT2D eigenvalue weighted by Crippen LogP contribution is -2.26. The molecule has 0 aliphatic heterocycles. The minimum absolute atomic E-state index is 0.165. The molecule has 1 heterocycles. The summed E-state index contributed by atoms with van der Waals surface area (Å²) in [4.78, 5) is 15.1. The monoisotopic (exact) mass is 370 g/mol. The minimum atomic E-state index is -0.167. The Hall–Kier alpha value is -2.14. The third kappa shape index (κ3) is 5.42. The Morgan fingerprint density at radius 2 is 1.85 bits per heavy atom. The number of nitrogens with zero attached hydrogens (tertiary/aromatic N) is 3. The van der Waals surface area contributed by atoms with Gasteiger partial charge in [0.2, 0.25) is 0 Å². The van der Waals surface area contributed by atoms with Crippen LogP contribution in [0.15, 0.2) is 30.3 Å². The fourth-order valence-corrected chi connectivity index (χ4v) is 3.10. The first-order valence-electron chi connectivity index (χ1n) is 9.88. The Morgan fingerprint density at radius 1 is 1.19 bits per heavy atom. The summed E-state index contributed by atoms with van der Waals surface area (Å²) in [6.45, 7) is 17.8. The molecular formula is C22H34N4O. The molecule has 0 unspecified atom stereocenters. The molecule has 27 heavy (non-hydrogen) atoms. The van der Waals surface area contributed by atoms with E-state index >= 15 is 0 Å². The first kappa shape index (κ1) is 21.2. The Labute approximate surface area is 163 Å². The van der Waals surface area contributed by atoms with Crippen LogP contribution in [0.3, 0.4) is 0 Å². The number of carbonyl (C=O) groups is 1. The summed E-state index contributed by atoms with van der Waals surface area (Å²) in [5.74, 6) is 0.135. The fourth-order valence-electron chi connectivity index (χ4n) is 3.10. The lowest BCUT2D eigenvalue weighted by atomic mass is 10.1. The molecule has 2 rings (SSSR count). The van der Waals surface area contributed by atoms with Crippen LogP contribution < -0.4 is 5.32 Å². The number of carbonyl (C=O) groups excluding carboxylic acids is 1. The maximum Gasteiger partial charge on any atom is 0.276 e. The minimum Gasteiger partial charge on any atom is -0.321 e. The molecule has 0 atom stereocenters. The number of anilines is 1. The molecule has 148 valence electrons. The van der Waals surface area contributed by atoms with E-state index in [0.29, 0.717) is 11.6 Å². The molecule has 0 aliphatic carbocycles. The van der Waals surface area contributed by atoms with Crippen molar-refractivity contribution in [2.75, 3.05) is 18.4 Å². The number of nitrogens with one attached hydrogen (secondary N) is 1. The molecule has 0 fully saturated rings. The van der Waals surface area contributed by atoms with Crippen LogP contribution in [0.1, 0.15) is 76.1 Å². The van der Waals surface area contributed by atoms with Crippen LogP contribution in [-0.4, -0.2) is 33.7 Å². The topological polar surface area (TPSA) is 50.2 Å². The number of benzene rings is 1. The summed E-state index contributed by atoms with van der Waals surface area (Å²) < 4.78 is 1.96. The molecule has 0 saturated carbocycles. The third-order valence-electron chi connectivity index (χ3n) is 4.68. The highest BCUT2D eigenvalue weighted by atomic mass is 16.2. The molecule has 1 aromatic carbocycles. The van der Waals surface area contributed by atoms with E-state index in [1.165, 1.54) is 5.56 Å². The number of hydrogen-bond acceptors (Lipinski definition) is 3. The van der Waals surface area contributed by atoms with E-state index < -0.39 is 0 Å². The van der Waals surface area contributed by atoms with E-state index in [2.05, 4.69) is 69.8 Å². The van der Waals surface area contributed by atoms with Crippen molar-refractivity contribution < 1.29 is 4.79 Å². The molecule has 5 heteroatoms. The van der Waals surface area contributed by atoms with Gasteiger partial charge in [0, 0.05) is 17.9 Å². The van der Waals surface area contributed by atoms with Gasteiger partial charge in [0.15, 0.2) is 5.69 Å². The summed E-state index contributed by atoms with van der Waals surface area (Å²) in [5, 5.41) is 7.60. The van der Waals surface area contributed by atoms with Crippen LogP contribution in [0.5, 0.6) is 0 Å². The van der Waals surface area contributed by atoms with Crippen LogP contribution >= 0.6 is 0 Å². The Bertz CT molecular complexity index is 767. The van der Waals surface area contributed by atoms with Crippen molar-refractivity contribution in [2.24, 2.45) is 0 Å². The van der Waals surface area contributed by atoms with E-state index in [9.17, 15) is 4.79 Å². The number of aromatic nitrogens is 2. The summed E-state index contributed by atoms with van der Waals surface area (Å²) in [5.41, 5.74) is 3.37. The SMILES string of the molecule is CCN(CC)Cc1cccc(NC(=O)c2cc(C(C)C)n(C(C)(C)C)n2)c1. The zero-order valence-corrected chi connectivity index (χ0v) is 17.8. The number of amides is 1. The highest BCUT2D eigenvalue weighted by Crippen LogP contribution is 2.24. The maximum atomic E-state index is 12.8. The molecule has 0 radical (unpaired) electrons. The Kier molecular flexibility index (Phi) is 6.82. The average Bonchev–Trinajstić information content (AvgIpc) is 3.06. The van der Waals surface area contributed by atoms with Gasteiger partial charge in [-0.25, -0.2) is 0 Å². The Balaban J connectivity index is 2.20. The highest BCUT2D eigenvalue weighted by molar-refractivity contribution is 6.03. The summed E-state index contributed by atoms with van der Waals surface area (Å²) in [6, 6.07) is 9.96. The van der Waals surface area contributed by atoms with Crippen LogP contribution in [0.2, 0.25) is 0 Å². The van der Waals surface area contributed by atoms with Crippen molar-refractivity contribution >= 4 is 11.6 Å². The smallest absolute Gasteiger partial charge is 0.276 e. The van der Waals surface area contributed by atoms with Crippen molar-refractivity contribution in [1.82, 2.24) is 14.7 Å². The summed E-state index contributed by atoms with van der Waals surface area (Å²) in [6.07, 6.45) is 0. The molecule has 0 aliphatic rings. The molecule has 2 aromatic rings. The zero-order valence-electron chi connectivity index (χ0n) is 17.8. The zero-order chi connectivity index (χ0) is 20.2. The second-order valence-electron chi connectivity index (χ2n) is 8.31. The third-order valence-corrected chi connectivity index (χ3v) is 4.68. The van der Waals surface area contributed by atoms with Crippen molar-refractivity contribution in [3.05, 3.63) is 47.3 Å². The van der Waals surface area contributed by atoms with E-state index in [0.717, 1.165) is 31.0 Å². The number of rotatable bonds is 7. The average molecular weight is 371 g/mol. The van der Waals surface area contributed by atoms with Crippen molar-refractivity contribution in [3.8, 4) is 0 Å². The predicted molar refractivity (Wildman–Crippen MR) is 112 cm³/mol. The molecule has 5 nitrogen and oxygen atoms in total. The molecule has 1 N–H and O–H groups in total. The van der Waals surface area contributed by atoms with Gasteiger partial charge in [-0.3, -0.25) is 14.4 Å². The van der Waals surface area contributed by atoms with Crippen LogP contribution in [0, 0.1) is 0 Å². The van der Waals surface area contributed by atoms with E-state index in [4.69, 9.17) is 0 Å². The first-order chi connectivity index (χ1) is 12.7. The first-order valence-corrected chi connectivity index (χ1v) is 9.88. The predicted octanol–water partition coefficient (Wildman–Crippen LogP) is 4.86. The molecular weight excluding hydrogens is 336 g/mol. The van der Waals surface area contributed by atoms with Crippen LogP contribution in [-0.2, 0) is 12.1 Å². The van der Waals surface area contributed by atoms with Gasteiger partial charge in [-0.2, -0.15) is 5.10 Å². The normalized spacial score (nSPS) is 12.0. The second kappa shape index (κ2) is 8.70. The van der Waals surface area contributed by atoms with Gasteiger partial charge in [0.1, 0.15) is 0 Å². The molecule has 1 aromatic heterocycles. The molecule has 0 bridgehead atoms.